The first-order valence-corrected chi connectivity index (χ1v) is 7.96. The number of hydrogen-bond acceptors (Lipinski definition) is 2. The summed E-state index contributed by atoms with van der Waals surface area (Å²) >= 11 is 0. The second kappa shape index (κ2) is 8.16. The lowest BCUT2D eigenvalue weighted by Gasteiger charge is -2.31. The number of rotatable bonds is 9. The second-order valence-electron chi connectivity index (χ2n) is 6.43. The van der Waals surface area contributed by atoms with E-state index in [1.54, 1.807) is 0 Å². The van der Waals surface area contributed by atoms with Crippen LogP contribution in [0.25, 0.3) is 0 Å². The zero-order valence-corrected chi connectivity index (χ0v) is 12.9. The monoisotopic (exact) mass is 255 g/mol. The van der Waals surface area contributed by atoms with Gasteiger partial charge in [0.05, 0.1) is 6.10 Å². The van der Waals surface area contributed by atoms with E-state index in [1.807, 2.05) is 0 Å². The lowest BCUT2D eigenvalue weighted by molar-refractivity contribution is 0.0247. The molecule has 0 saturated heterocycles. The highest BCUT2D eigenvalue weighted by atomic mass is 16.5. The Bertz CT molecular complexity index is 215. The van der Waals surface area contributed by atoms with E-state index in [0.29, 0.717) is 17.6 Å². The van der Waals surface area contributed by atoms with Crippen LogP contribution < -0.4 is 5.32 Å². The summed E-state index contributed by atoms with van der Waals surface area (Å²) in [5.41, 5.74) is 0.392. The molecule has 0 aromatic carbocycles. The number of unbranched alkanes of at least 4 members (excludes halogenated alkanes) is 3. The molecule has 108 valence electrons. The lowest BCUT2D eigenvalue weighted by Crippen LogP contribution is -2.45. The molecule has 0 bridgehead atoms. The first kappa shape index (κ1) is 16.0. The molecule has 0 amide bonds. The van der Waals surface area contributed by atoms with Crippen molar-refractivity contribution in [3.05, 3.63) is 0 Å². The molecule has 2 atom stereocenters. The van der Waals surface area contributed by atoms with E-state index in [0.717, 1.165) is 13.2 Å². The van der Waals surface area contributed by atoms with Gasteiger partial charge in [0.25, 0.3) is 0 Å². The molecule has 0 spiro atoms. The highest BCUT2D eigenvalue weighted by Crippen LogP contribution is 2.39. The Balaban J connectivity index is 2.29. The van der Waals surface area contributed by atoms with Crippen molar-refractivity contribution in [1.29, 1.82) is 0 Å². The van der Waals surface area contributed by atoms with Gasteiger partial charge in [-0.15, -0.1) is 0 Å². The fourth-order valence-electron chi connectivity index (χ4n) is 2.99. The smallest absolute Gasteiger partial charge is 0.0733 e. The van der Waals surface area contributed by atoms with Crippen molar-refractivity contribution in [2.24, 2.45) is 5.41 Å². The fraction of sp³-hybridized carbons (Fsp3) is 1.00. The molecule has 18 heavy (non-hydrogen) atoms. The molecule has 2 nitrogen and oxygen atoms in total. The molecule has 1 rings (SSSR count). The molecular formula is C16H33NO. The van der Waals surface area contributed by atoms with E-state index in [2.05, 4.69) is 33.0 Å². The first-order chi connectivity index (χ1) is 8.61. The Hall–Kier alpha value is -0.0800. The predicted octanol–water partition coefficient (Wildman–Crippen LogP) is 4.14. The number of nitrogens with one attached hydrogen (secondary N) is 1. The predicted molar refractivity (Wildman–Crippen MR) is 79.0 cm³/mol. The Morgan fingerprint density at radius 1 is 1.11 bits per heavy atom. The van der Waals surface area contributed by atoms with Crippen LogP contribution in [0.3, 0.4) is 0 Å². The third-order valence-corrected chi connectivity index (χ3v) is 4.23. The van der Waals surface area contributed by atoms with Gasteiger partial charge < -0.3 is 10.1 Å². The van der Waals surface area contributed by atoms with Crippen molar-refractivity contribution < 1.29 is 4.74 Å². The molecule has 0 aliphatic heterocycles. The molecule has 1 fully saturated rings. The molecule has 1 aliphatic carbocycles. The Morgan fingerprint density at radius 3 is 2.56 bits per heavy atom. The first-order valence-electron chi connectivity index (χ1n) is 7.96. The zero-order valence-electron chi connectivity index (χ0n) is 12.9. The van der Waals surface area contributed by atoms with E-state index >= 15 is 0 Å². The topological polar surface area (TPSA) is 21.3 Å². The largest absolute Gasteiger partial charge is 0.377 e. The summed E-state index contributed by atoms with van der Waals surface area (Å²) in [6.45, 7) is 11.3. The maximum atomic E-state index is 6.13. The van der Waals surface area contributed by atoms with E-state index < -0.39 is 0 Å². The van der Waals surface area contributed by atoms with Gasteiger partial charge in [-0.3, -0.25) is 0 Å². The van der Waals surface area contributed by atoms with E-state index in [-0.39, 0.29) is 0 Å². The van der Waals surface area contributed by atoms with Gasteiger partial charge in [0.1, 0.15) is 0 Å². The second-order valence-corrected chi connectivity index (χ2v) is 6.43. The van der Waals surface area contributed by atoms with Crippen LogP contribution in [0.15, 0.2) is 0 Å². The molecule has 1 N–H and O–H groups in total. The Morgan fingerprint density at radius 2 is 1.89 bits per heavy atom. The average Bonchev–Trinajstić information content (AvgIpc) is 2.62. The highest BCUT2D eigenvalue weighted by molar-refractivity contribution is 4.97. The minimum atomic E-state index is 0.392. The highest BCUT2D eigenvalue weighted by Gasteiger charge is 2.41. The summed E-state index contributed by atoms with van der Waals surface area (Å²) in [5, 5.41) is 3.70. The van der Waals surface area contributed by atoms with E-state index in [1.165, 1.54) is 44.9 Å². The van der Waals surface area contributed by atoms with Gasteiger partial charge in [-0.25, -0.2) is 0 Å². The summed E-state index contributed by atoms with van der Waals surface area (Å²) in [5.74, 6) is 0. The summed E-state index contributed by atoms with van der Waals surface area (Å²) in [4.78, 5) is 0. The molecule has 2 unspecified atom stereocenters. The third kappa shape index (κ3) is 4.89. The normalized spacial score (nSPS) is 26.7. The molecule has 2 heteroatoms. The van der Waals surface area contributed by atoms with Crippen LogP contribution in [0.4, 0.5) is 0 Å². The average molecular weight is 255 g/mol. The van der Waals surface area contributed by atoms with Crippen molar-refractivity contribution in [1.82, 2.24) is 5.32 Å². The number of ether oxygens (including phenoxy) is 1. The molecular weight excluding hydrogens is 222 g/mol. The van der Waals surface area contributed by atoms with E-state index in [9.17, 15) is 0 Å². The van der Waals surface area contributed by atoms with Gasteiger partial charge in [0.2, 0.25) is 0 Å². The molecule has 0 radical (unpaired) electrons. The van der Waals surface area contributed by atoms with Crippen LogP contribution in [0.2, 0.25) is 0 Å². The standard InChI is InChI=1S/C16H33NO/c1-5-7-8-9-13-18-14-10-11-16(3,4)15(14)17-12-6-2/h14-15,17H,5-13H2,1-4H3. The summed E-state index contributed by atoms with van der Waals surface area (Å²) in [7, 11) is 0. The lowest BCUT2D eigenvalue weighted by atomic mass is 9.87. The molecule has 1 aliphatic rings. The van der Waals surface area contributed by atoms with Gasteiger partial charge in [0, 0.05) is 12.6 Å². The zero-order chi connectivity index (χ0) is 13.4. The van der Waals surface area contributed by atoms with Crippen LogP contribution in [0.5, 0.6) is 0 Å². The maximum Gasteiger partial charge on any atom is 0.0733 e. The molecule has 0 aromatic rings. The van der Waals surface area contributed by atoms with Gasteiger partial charge in [-0.05, 0) is 37.6 Å². The Labute approximate surface area is 114 Å². The molecule has 0 aromatic heterocycles. The quantitative estimate of drug-likeness (QED) is 0.625. The minimum Gasteiger partial charge on any atom is -0.377 e. The van der Waals surface area contributed by atoms with Crippen LogP contribution in [-0.4, -0.2) is 25.3 Å². The van der Waals surface area contributed by atoms with Crippen molar-refractivity contribution in [2.75, 3.05) is 13.2 Å². The van der Waals surface area contributed by atoms with Crippen LogP contribution in [0.1, 0.15) is 72.6 Å². The number of hydrogen-bond donors (Lipinski definition) is 1. The van der Waals surface area contributed by atoms with Crippen molar-refractivity contribution in [3.8, 4) is 0 Å². The molecule has 1 saturated carbocycles. The maximum absolute atomic E-state index is 6.13. The van der Waals surface area contributed by atoms with Gasteiger partial charge in [-0.2, -0.15) is 0 Å². The van der Waals surface area contributed by atoms with Crippen molar-refractivity contribution in [3.63, 3.8) is 0 Å². The third-order valence-electron chi connectivity index (χ3n) is 4.23. The van der Waals surface area contributed by atoms with Crippen LogP contribution >= 0.6 is 0 Å². The summed E-state index contributed by atoms with van der Waals surface area (Å²) in [6, 6.07) is 0.545. The van der Waals surface area contributed by atoms with Gasteiger partial charge >= 0.3 is 0 Å². The van der Waals surface area contributed by atoms with Gasteiger partial charge in [0.15, 0.2) is 0 Å². The minimum absolute atomic E-state index is 0.392. The van der Waals surface area contributed by atoms with Crippen LogP contribution in [0, 0.1) is 5.41 Å². The SMILES string of the molecule is CCCCCCOC1CCC(C)(C)C1NCCC. The van der Waals surface area contributed by atoms with Gasteiger partial charge in [-0.1, -0.05) is 47.0 Å². The van der Waals surface area contributed by atoms with Crippen molar-refractivity contribution >= 4 is 0 Å². The van der Waals surface area contributed by atoms with Crippen LogP contribution in [-0.2, 0) is 4.74 Å². The van der Waals surface area contributed by atoms with Crippen molar-refractivity contribution in [2.45, 2.75) is 84.8 Å². The summed E-state index contributed by atoms with van der Waals surface area (Å²) in [6.07, 6.45) is 9.35. The summed E-state index contributed by atoms with van der Waals surface area (Å²) < 4.78 is 6.13. The molecule has 0 heterocycles. The fourth-order valence-corrected chi connectivity index (χ4v) is 2.99. The van der Waals surface area contributed by atoms with E-state index in [4.69, 9.17) is 4.74 Å². The Kier molecular flexibility index (Phi) is 7.25.